The van der Waals surface area contributed by atoms with Crippen LogP contribution in [-0.4, -0.2) is 42.8 Å². The summed E-state index contributed by atoms with van der Waals surface area (Å²) in [6, 6.07) is 19.2. The summed E-state index contributed by atoms with van der Waals surface area (Å²) in [6.07, 6.45) is 0.410. The van der Waals surface area contributed by atoms with E-state index >= 15 is 0 Å². The summed E-state index contributed by atoms with van der Waals surface area (Å²) in [6.45, 7) is 9.24. The monoisotopic (exact) mass is 480 g/mol. The maximum atomic E-state index is 13.2. The van der Waals surface area contributed by atoms with Crippen molar-refractivity contribution < 1.29 is 23.9 Å². The van der Waals surface area contributed by atoms with Gasteiger partial charge in [0.1, 0.15) is 25.4 Å². The number of carbonyl (C=O) groups is 3. The van der Waals surface area contributed by atoms with Crippen molar-refractivity contribution in [2.45, 2.75) is 72.5 Å². The Labute approximate surface area is 210 Å². The molecule has 190 valence electrons. The molecule has 0 saturated carbocycles. The molecule has 0 aromatic heterocycles. The van der Waals surface area contributed by atoms with Crippen LogP contribution in [0, 0.1) is 11.3 Å². The first-order chi connectivity index (χ1) is 16.6. The second kappa shape index (κ2) is 14.1. The van der Waals surface area contributed by atoms with Crippen LogP contribution >= 0.6 is 0 Å². The Morgan fingerprint density at radius 3 is 1.63 bits per heavy atom. The van der Waals surface area contributed by atoms with Gasteiger partial charge in [-0.2, -0.15) is 0 Å². The van der Waals surface area contributed by atoms with Crippen LogP contribution in [0.15, 0.2) is 60.7 Å². The van der Waals surface area contributed by atoms with Gasteiger partial charge < -0.3 is 9.47 Å². The van der Waals surface area contributed by atoms with Crippen LogP contribution < -0.4 is 0 Å². The Balaban J connectivity index is 2.10. The molecule has 0 saturated heterocycles. The highest BCUT2D eigenvalue weighted by Crippen LogP contribution is 2.17. The van der Waals surface area contributed by atoms with Crippen molar-refractivity contribution in [3.05, 3.63) is 71.8 Å². The van der Waals surface area contributed by atoms with Gasteiger partial charge in [0.15, 0.2) is 17.3 Å². The van der Waals surface area contributed by atoms with Gasteiger partial charge in [-0.25, -0.2) is 0 Å². The lowest BCUT2D eigenvalue weighted by atomic mass is 9.91. The molecule has 2 aromatic rings. The number of carbonyl (C=O) groups excluding carboxylic acids is 3. The number of hydrogen-bond acceptors (Lipinski definition) is 5. The molecule has 2 atom stereocenters. The Morgan fingerprint density at radius 1 is 0.714 bits per heavy atom. The molecule has 0 spiro atoms. The quantitative estimate of drug-likeness (QED) is 0.340. The van der Waals surface area contributed by atoms with Gasteiger partial charge in [0.25, 0.3) is 0 Å². The van der Waals surface area contributed by atoms with Crippen LogP contribution in [0.4, 0.5) is 0 Å². The third-order valence-corrected chi connectivity index (χ3v) is 5.89. The Morgan fingerprint density at radius 2 is 1.17 bits per heavy atom. The molecular formula is C30H40O5. The zero-order valence-corrected chi connectivity index (χ0v) is 21.8. The second-order valence-electron chi connectivity index (χ2n) is 10.5. The van der Waals surface area contributed by atoms with Gasteiger partial charge in [-0.3, -0.25) is 14.4 Å². The first-order valence-electron chi connectivity index (χ1n) is 12.5. The highest BCUT2D eigenvalue weighted by molar-refractivity contribution is 5.88. The number of ketones is 3. The lowest BCUT2D eigenvalue weighted by molar-refractivity contribution is -0.145. The van der Waals surface area contributed by atoms with E-state index in [1.54, 1.807) is 0 Å². The van der Waals surface area contributed by atoms with Crippen LogP contribution in [0.2, 0.25) is 0 Å². The molecule has 2 rings (SSSR count). The van der Waals surface area contributed by atoms with Gasteiger partial charge in [-0.15, -0.1) is 0 Å². The lowest BCUT2D eigenvalue weighted by Crippen LogP contribution is -2.37. The third kappa shape index (κ3) is 10.7. The number of hydrogen-bond donors (Lipinski definition) is 0. The smallest absolute Gasteiger partial charge is 0.187 e. The molecule has 5 heteroatoms. The van der Waals surface area contributed by atoms with E-state index in [1.807, 2.05) is 81.4 Å². The van der Waals surface area contributed by atoms with Crippen molar-refractivity contribution in [1.82, 2.24) is 0 Å². The molecule has 0 bridgehead atoms. The van der Waals surface area contributed by atoms with E-state index in [1.165, 1.54) is 0 Å². The number of ether oxygens (including phenoxy) is 2. The number of benzene rings is 2. The topological polar surface area (TPSA) is 69.7 Å². The summed E-state index contributed by atoms with van der Waals surface area (Å²) in [5.41, 5.74) is 1.36. The van der Waals surface area contributed by atoms with E-state index in [-0.39, 0.29) is 30.6 Å². The Kier molecular flexibility index (Phi) is 11.5. The zero-order valence-electron chi connectivity index (χ0n) is 21.8. The average Bonchev–Trinajstić information content (AvgIpc) is 2.83. The molecule has 0 aliphatic rings. The Bertz CT molecular complexity index is 928. The maximum absolute atomic E-state index is 13.2. The predicted octanol–water partition coefficient (Wildman–Crippen LogP) is 5.43. The minimum atomic E-state index is -0.827. The normalized spacial score (nSPS) is 13.4. The average molecular weight is 481 g/mol. The van der Waals surface area contributed by atoms with Gasteiger partial charge >= 0.3 is 0 Å². The number of Topliss-reactive ketones (excluding diaryl/α,β-unsaturated/α-hetero) is 3. The molecular weight excluding hydrogens is 440 g/mol. The molecule has 0 N–H and O–H groups in total. The molecule has 35 heavy (non-hydrogen) atoms. The van der Waals surface area contributed by atoms with Gasteiger partial charge in [-0.05, 0) is 23.5 Å². The van der Waals surface area contributed by atoms with Crippen LogP contribution in [0.3, 0.4) is 0 Å². The van der Waals surface area contributed by atoms with Crippen LogP contribution in [0.1, 0.15) is 58.6 Å². The molecule has 5 nitrogen and oxygen atoms in total. The van der Waals surface area contributed by atoms with Crippen molar-refractivity contribution >= 4 is 17.3 Å². The fourth-order valence-electron chi connectivity index (χ4n) is 3.45. The first-order valence-corrected chi connectivity index (χ1v) is 12.5. The largest absolute Gasteiger partial charge is 0.362 e. The molecule has 0 radical (unpaired) electrons. The van der Waals surface area contributed by atoms with E-state index in [9.17, 15) is 14.4 Å². The highest BCUT2D eigenvalue weighted by Gasteiger charge is 2.28. The molecule has 0 aliphatic carbocycles. The molecule has 0 amide bonds. The minimum Gasteiger partial charge on any atom is -0.362 e. The summed E-state index contributed by atoms with van der Waals surface area (Å²) in [7, 11) is 0. The van der Waals surface area contributed by atoms with E-state index in [2.05, 4.69) is 13.8 Å². The van der Waals surface area contributed by atoms with Crippen molar-refractivity contribution in [3.8, 4) is 0 Å². The first kappa shape index (κ1) is 28.6. The summed E-state index contributed by atoms with van der Waals surface area (Å²) in [4.78, 5) is 38.5. The lowest BCUT2D eigenvalue weighted by Gasteiger charge is -2.22. The molecule has 2 aromatic carbocycles. The van der Waals surface area contributed by atoms with Crippen LogP contribution in [0.5, 0.6) is 0 Å². The van der Waals surface area contributed by atoms with Gasteiger partial charge in [0, 0.05) is 24.7 Å². The summed E-state index contributed by atoms with van der Waals surface area (Å²) in [5.74, 6) is 0.0566. The zero-order chi connectivity index (χ0) is 25.8. The second-order valence-corrected chi connectivity index (χ2v) is 10.5. The molecule has 0 unspecified atom stereocenters. The predicted molar refractivity (Wildman–Crippen MR) is 138 cm³/mol. The van der Waals surface area contributed by atoms with Crippen molar-refractivity contribution in [2.24, 2.45) is 11.3 Å². The minimum absolute atomic E-state index is 0.00112. The SMILES string of the molecule is CC(C)CCC(=O)[C@@H](Cc1ccccc1)OCC(=O)[C@@H](Cc1ccccc1)OCC(=O)C(C)(C)C. The third-order valence-electron chi connectivity index (χ3n) is 5.89. The molecule has 0 heterocycles. The number of rotatable bonds is 15. The Hall–Kier alpha value is -2.63. The fraction of sp³-hybridized carbons (Fsp3) is 0.500. The van der Waals surface area contributed by atoms with E-state index in [0.717, 1.165) is 17.5 Å². The standard InChI is InChI=1S/C30H40O5/c1-22(2)16-17-25(31)27(18-23-12-8-6-9-13-23)34-20-26(32)28(19-24-14-10-7-11-15-24)35-21-29(33)30(3,4)5/h6-15,22,27-28H,16-21H2,1-5H3/t27-,28-/m1/s1. The summed E-state index contributed by atoms with van der Waals surface area (Å²) < 4.78 is 11.8. The highest BCUT2D eigenvalue weighted by atomic mass is 16.5. The fourth-order valence-corrected chi connectivity index (χ4v) is 3.45. The van der Waals surface area contributed by atoms with E-state index in [0.29, 0.717) is 25.2 Å². The van der Waals surface area contributed by atoms with Crippen molar-refractivity contribution in [2.75, 3.05) is 13.2 Å². The summed E-state index contributed by atoms with van der Waals surface area (Å²) >= 11 is 0. The van der Waals surface area contributed by atoms with Gasteiger partial charge in [0.2, 0.25) is 0 Å². The van der Waals surface area contributed by atoms with Crippen LogP contribution in [0.25, 0.3) is 0 Å². The van der Waals surface area contributed by atoms with Crippen molar-refractivity contribution in [1.29, 1.82) is 0 Å². The molecule has 0 aliphatic heterocycles. The van der Waals surface area contributed by atoms with Gasteiger partial charge in [-0.1, -0.05) is 95.3 Å². The molecule has 0 fully saturated rings. The van der Waals surface area contributed by atoms with Gasteiger partial charge in [0.05, 0.1) is 0 Å². The summed E-state index contributed by atoms with van der Waals surface area (Å²) in [5, 5.41) is 0. The maximum Gasteiger partial charge on any atom is 0.187 e. The van der Waals surface area contributed by atoms with E-state index in [4.69, 9.17) is 9.47 Å². The van der Waals surface area contributed by atoms with E-state index < -0.39 is 17.6 Å². The van der Waals surface area contributed by atoms with Crippen molar-refractivity contribution in [3.63, 3.8) is 0 Å². The van der Waals surface area contributed by atoms with Crippen LogP contribution in [-0.2, 0) is 36.7 Å².